The summed E-state index contributed by atoms with van der Waals surface area (Å²) in [6.45, 7) is 0.502. The molecule has 5 rings (SSSR count). The highest BCUT2D eigenvalue weighted by Gasteiger charge is 2.18. The van der Waals surface area contributed by atoms with E-state index in [1.807, 2.05) is 54.6 Å². The molecule has 0 aliphatic carbocycles. The van der Waals surface area contributed by atoms with Crippen molar-refractivity contribution >= 4 is 47.0 Å². The van der Waals surface area contributed by atoms with Crippen LogP contribution in [0.15, 0.2) is 96.3 Å². The molecule has 0 fully saturated rings. The van der Waals surface area contributed by atoms with Gasteiger partial charge >= 0.3 is 7.50 Å². The lowest BCUT2D eigenvalue weighted by Crippen LogP contribution is -2.06. The van der Waals surface area contributed by atoms with Crippen molar-refractivity contribution in [2.24, 2.45) is 0 Å². The molecule has 2 unspecified atom stereocenters. The first-order valence-corrected chi connectivity index (χ1v) is 15.6. The third-order valence-electron chi connectivity index (χ3n) is 5.43. The minimum atomic E-state index is -1.80. The summed E-state index contributed by atoms with van der Waals surface area (Å²) in [5.41, 5.74) is 4.52. The number of rotatable bonds is 9. The number of anilines is 1. The van der Waals surface area contributed by atoms with Crippen LogP contribution in [0.2, 0.25) is 0 Å². The fraction of sp³-hybridized carbons (Fsp3) is 0.0769. The van der Waals surface area contributed by atoms with Gasteiger partial charge in [-0.05, 0) is 47.3 Å². The van der Waals surface area contributed by atoms with E-state index in [0.717, 1.165) is 38.2 Å². The first kappa shape index (κ1) is 25.5. The molecule has 11 heteroatoms. The molecule has 8 nitrogen and oxygen atoms in total. The molecular formula is C26H23N6O2PS2. The molecule has 0 amide bonds. The lowest BCUT2D eigenvalue weighted by atomic mass is 10.0. The highest BCUT2D eigenvalue weighted by molar-refractivity contribution is 8.48. The molecule has 0 saturated heterocycles. The molecular weight excluding hydrogens is 523 g/mol. The van der Waals surface area contributed by atoms with Gasteiger partial charge in [0.05, 0.1) is 23.1 Å². The molecule has 186 valence electrons. The van der Waals surface area contributed by atoms with Crippen LogP contribution in [-0.4, -0.2) is 35.6 Å². The fourth-order valence-corrected chi connectivity index (χ4v) is 6.45. The molecule has 37 heavy (non-hydrogen) atoms. The Morgan fingerprint density at radius 3 is 2.59 bits per heavy atom. The molecule has 0 spiro atoms. The maximum atomic E-state index is 11.5. The average Bonchev–Trinajstić information content (AvgIpc) is 2.95. The number of pyridine rings is 2. The quantitative estimate of drug-likeness (QED) is 0.124. The second-order valence-corrected chi connectivity index (χ2v) is 13.3. The highest BCUT2D eigenvalue weighted by atomic mass is 32.8. The normalized spacial score (nSPS) is 12.8. The zero-order chi connectivity index (χ0) is 25.6. The maximum Gasteiger partial charge on any atom is 0.356 e. The van der Waals surface area contributed by atoms with Crippen molar-refractivity contribution < 1.29 is 9.45 Å². The number of aromatic nitrogens is 4. The van der Waals surface area contributed by atoms with E-state index >= 15 is 0 Å². The number of hydrogen-bond acceptors (Lipinski definition) is 9. The van der Waals surface area contributed by atoms with Crippen LogP contribution in [0, 0.1) is 0 Å². The van der Waals surface area contributed by atoms with Crippen molar-refractivity contribution in [2.45, 2.75) is 11.4 Å². The summed E-state index contributed by atoms with van der Waals surface area (Å²) in [7, 11) is -3.15. The monoisotopic (exact) mass is 546 g/mol. The van der Waals surface area contributed by atoms with Crippen LogP contribution < -0.4 is 9.81 Å². The van der Waals surface area contributed by atoms with Gasteiger partial charge in [-0.25, -0.2) is 9.97 Å². The minimum absolute atomic E-state index is 0.502. The zero-order valence-electron chi connectivity index (χ0n) is 19.8. The summed E-state index contributed by atoms with van der Waals surface area (Å²) in [4.78, 5) is 29.2. The first-order chi connectivity index (χ1) is 18.1. The first-order valence-electron chi connectivity index (χ1n) is 11.3. The summed E-state index contributed by atoms with van der Waals surface area (Å²) < 4.78 is 14.3. The van der Waals surface area contributed by atoms with E-state index in [9.17, 15) is 9.45 Å². The number of benzene rings is 2. The number of nitrogens with one attached hydrogen (secondary N) is 2. The molecule has 0 saturated carbocycles. The molecule has 3 N–H and O–H groups in total. The predicted molar refractivity (Wildman–Crippen MR) is 152 cm³/mol. The van der Waals surface area contributed by atoms with Crippen LogP contribution in [0.1, 0.15) is 5.69 Å². The Kier molecular flexibility index (Phi) is 8.25. The van der Waals surface area contributed by atoms with Gasteiger partial charge in [0.1, 0.15) is 12.1 Å². The van der Waals surface area contributed by atoms with Gasteiger partial charge in [0, 0.05) is 39.8 Å². The SMILES string of the molecule is C[S+]([O-])P(O)NSc1cncc(-c2nc(NCc3ccccn3)c3c(-c4ccccc4)cccc3n2)c1. The zero-order valence-corrected chi connectivity index (χ0v) is 22.3. The van der Waals surface area contributed by atoms with Crippen molar-refractivity contribution in [3.05, 3.63) is 97.1 Å². The van der Waals surface area contributed by atoms with E-state index in [1.165, 1.54) is 18.2 Å². The van der Waals surface area contributed by atoms with Gasteiger partial charge in [-0.15, -0.1) is 0 Å². The molecule has 2 aromatic carbocycles. The van der Waals surface area contributed by atoms with Crippen LogP contribution in [0.3, 0.4) is 0 Å². The molecule has 0 aliphatic heterocycles. The third kappa shape index (κ3) is 6.24. The Labute approximate surface area is 223 Å². The largest absolute Gasteiger partial charge is 0.612 e. The van der Waals surface area contributed by atoms with E-state index in [0.29, 0.717) is 18.2 Å². The van der Waals surface area contributed by atoms with E-state index in [4.69, 9.17) is 9.97 Å². The second-order valence-electron chi connectivity index (χ2n) is 7.94. The van der Waals surface area contributed by atoms with Crippen LogP contribution >= 0.6 is 19.4 Å². The Balaban J connectivity index is 1.56. The minimum Gasteiger partial charge on any atom is -0.612 e. The molecule has 0 radical (unpaired) electrons. The fourth-order valence-electron chi connectivity index (χ4n) is 3.72. The van der Waals surface area contributed by atoms with E-state index in [-0.39, 0.29) is 0 Å². The molecule has 5 aromatic rings. The molecule has 3 heterocycles. The third-order valence-corrected chi connectivity index (χ3v) is 9.50. The Morgan fingerprint density at radius 1 is 0.973 bits per heavy atom. The van der Waals surface area contributed by atoms with Gasteiger partial charge in [-0.3, -0.25) is 9.97 Å². The van der Waals surface area contributed by atoms with Gasteiger partial charge in [0.25, 0.3) is 0 Å². The predicted octanol–water partition coefficient (Wildman–Crippen LogP) is 5.56. The highest BCUT2D eigenvalue weighted by Crippen LogP contribution is 2.38. The van der Waals surface area contributed by atoms with Crippen LogP contribution in [0.5, 0.6) is 0 Å². The molecule has 0 aliphatic rings. The van der Waals surface area contributed by atoms with E-state index in [1.54, 1.807) is 18.6 Å². The van der Waals surface area contributed by atoms with E-state index in [2.05, 4.69) is 38.0 Å². The van der Waals surface area contributed by atoms with Gasteiger partial charge in [-0.1, -0.05) is 48.5 Å². The van der Waals surface area contributed by atoms with Crippen molar-refractivity contribution in [2.75, 3.05) is 11.6 Å². The Bertz CT molecular complexity index is 1500. The molecule has 0 bridgehead atoms. The summed E-state index contributed by atoms with van der Waals surface area (Å²) in [5.74, 6) is 1.21. The number of hydrogen-bond donors (Lipinski definition) is 3. The van der Waals surface area contributed by atoms with Gasteiger partial charge < -0.3 is 14.8 Å². The second kappa shape index (κ2) is 12.0. The summed E-state index contributed by atoms with van der Waals surface area (Å²) >= 11 is 1.17. The lowest BCUT2D eigenvalue weighted by Gasteiger charge is -2.15. The van der Waals surface area contributed by atoms with E-state index < -0.39 is 18.3 Å². The topological polar surface area (TPSA) is 119 Å². The van der Waals surface area contributed by atoms with Crippen molar-refractivity contribution in [1.29, 1.82) is 0 Å². The maximum absolute atomic E-state index is 11.5. The van der Waals surface area contributed by atoms with Gasteiger partial charge in [-0.2, -0.15) is 4.49 Å². The van der Waals surface area contributed by atoms with Gasteiger partial charge in [0.2, 0.25) is 0 Å². The lowest BCUT2D eigenvalue weighted by molar-refractivity contribution is 0.595. The van der Waals surface area contributed by atoms with Crippen molar-refractivity contribution in [3.8, 4) is 22.5 Å². The van der Waals surface area contributed by atoms with Crippen molar-refractivity contribution in [1.82, 2.24) is 24.4 Å². The van der Waals surface area contributed by atoms with Crippen molar-refractivity contribution in [3.63, 3.8) is 0 Å². The Morgan fingerprint density at radius 2 is 1.81 bits per heavy atom. The van der Waals surface area contributed by atoms with Gasteiger partial charge in [0.15, 0.2) is 5.82 Å². The summed E-state index contributed by atoms with van der Waals surface area (Å²) in [6.07, 6.45) is 6.59. The summed E-state index contributed by atoms with van der Waals surface area (Å²) in [6, 6.07) is 23.9. The summed E-state index contributed by atoms with van der Waals surface area (Å²) in [5, 5.41) is 4.40. The smallest absolute Gasteiger partial charge is 0.356 e. The Hall–Kier alpha value is -3.11. The molecule has 3 aromatic heterocycles. The van der Waals surface area contributed by atoms with Crippen LogP contribution in [0.4, 0.5) is 5.82 Å². The van der Waals surface area contributed by atoms with Crippen LogP contribution in [-0.2, 0) is 17.3 Å². The van der Waals surface area contributed by atoms with Crippen LogP contribution in [0.25, 0.3) is 33.4 Å². The average molecular weight is 547 g/mol. The number of fused-ring (bicyclic) bond motifs is 1. The number of nitrogens with zero attached hydrogens (tertiary/aromatic N) is 4. The molecule has 2 atom stereocenters. The standard InChI is InChI=1S/C26H23N6O2PS2/c1-37(34)35(33)32-36-21-14-19(15-27-17-21)25-30-23-12-7-11-22(18-8-3-2-4-9-18)24(23)26(31-25)29-16-20-10-5-6-13-28-20/h2-15,17,32-33H,16H2,1H3,(H,29,30,31).